The Morgan fingerprint density at radius 1 is 0.450 bits per heavy atom. The molecule has 2 heteroatoms. The topological polar surface area (TPSA) is 0 Å². The third-order valence-corrected chi connectivity index (χ3v) is 11.2. The van der Waals surface area contributed by atoms with Gasteiger partial charge >= 0.3 is 0 Å². The number of hydrogen-bond acceptors (Lipinski definition) is 2. The van der Waals surface area contributed by atoms with Gasteiger partial charge in [0.05, 0.1) is 0 Å². The first-order valence-electron chi connectivity index (χ1n) is 14.8. The second-order valence-corrected chi connectivity index (χ2v) is 13.5. The van der Waals surface area contributed by atoms with Crippen LogP contribution < -0.4 is 0 Å². The summed E-state index contributed by atoms with van der Waals surface area (Å²) < 4.78 is 0. The maximum absolute atomic E-state index is 2.44. The van der Waals surface area contributed by atoms with E-state index in [1.54, 1.807) is 0 Å². The van der Waals surface area contributed by atoms with Crippen LogP contribution in [0.2, 0.25) is 0 Å². The van der Waals surface area contributed by atoms with Crippen molar-refractivity contribution in [2.45, 2.75) is 52.4 Å². The summed E-state index contributed by atoms with van der Waals surface area (Å²) in [6.07, 6.45) is 7.37. The van der Waals surface area contributed by atoms with Crippen molar-refractivity contribution >= 4 is 33.4 Å². The van der Waals surface area contributed by atoms with Crippen LogP contribution in [0.25, 0.3) is 74.8 Å². The van der Waals surface area contributed by atoms with Crippen molar-refractivity contribution in [3.8, 4) is 64.0 Å². The highest BCUT2D eigenvalue weighted by Crippen LogP contribution is 2.60. The molecule has 2 heterocycles. The van der Waals surface area contributed by atoms with E-state index < -0.39 is 0 Å². The largest absolute Gasteiger partial charge is 0.135 e. The molecule has 0 unspecified atom stereocenters. The maximum atomic E-state index is 2.44. The summed E-state index contributed by atoms with van der Waals surface area (Å²) in [4.78, 5) is 5.61. The molecule has 0 atom stereocenters. The third-order valence-electron chi connectivity index (χ3n) is 8.81. The average Bonchev–Trinajstić information content (AvgIpc) is 3.75. The molecule has 40 heavy (non-hydrogen) atoms. The molecular formula is C38H32S2. The zero-order chi connectivity index (χ0) is 26.8. The lowest BCUT2D eigenvalue weighted by atomic mass is 9.97. The van der Waals surface area contributed by atoms with E-state index in [1.807, 2.05) is 22.7 Å². The Labute approximate surface area is 245 Å². The third kappa shape index (κ3) is 3.70. The number of unbranched alkanes of at least 4 members (excludes halogenated alkanes) is 2. The summed E-state index contributed by atoms with van der Waals surface area (Å²) in [7, 11) is 0. The zero-order valence-electron chi connectivity index (χ0n) is 23.1. The van der Waals surface area contributed by atoms with Crippen LogP contribution in [-0.2, 0) is 12.8 Å². The maximum Gasteiger partial charge on any atom is 0.0434 e. The van der Waals surface area contributed by atoms with E-state index in [4.69, 9.17) is 0 Å². The van der Waals surface area contributed by atoms with Gasteiger partial charge in [0.25, 0.3) is 0 Å². The van der Waals surface area contributed by atoms with E-state index in [1.165, 1.54) is 124 Å². The van der Waals surface area contributed by atoms with E-state index in [9.17, 15) is 0 Å². The van der Waals surface area contributed by atoms with Crippen LogP contribution >= 0.6 is 22.7 Å². The number of aryl methyl sites for hydroxylation is 2. The minimum Gasteiger partial charge on any atom is -0.135 e. The average molecular weight is 553 g/mol. The molecule has 0 radical (unpaired) electrons. The smallest absolute Gasteiger partial charge is 0.0434 e. The summed E-state index contributed by atoms with van der Waals surface area (Å²) in [5.41, 5.74) is 14.0. The molecule has 0 spiro atoms. The van der Waals surface area contributed by atoms with E-state index >= 15 is 0 Å². The first kappa shape index (κ1) is 24.3. The lowest BCUT2D eigenvalue weighted by molar-refractivity contribution is 0.795. The van der Waals surface area contributed by atoms with Crippen LogP contribution in [0.15, 0.2) is 84.9 Å². The Morgan fingerprint density at radius 2 is 0.850 bits per heavy atom. The fourth-order valence-electron chi connectivity index (χ4n) is 6.62. The van der Waals surface area contributed by atoms with Crippen LogP contribution in [0, 0.1) is 0 Å². The second-order valence-electron chi connectivity index (χ2n) is 11.4. The zero-order valence-corrected chi connectivity index (χ0v) is 24.8. The predicted octanol–water partition coefficient (Wildman–Crippen LogP) is 12.3. The van der Waals surface area contributed by atoms with Gasteiger partial charge in [-0.1, -0.05) is 99.5 Å². The molecule has 2 aliphatic rings. The van der Waals surface area contributed by atoms with Gasteiger partial charge in [0.15, 0.2) is 0 Å². The fraction of sp³-hybridized carbons (Fsp3) is 0.211. The first-order chi connectivity index (χ1) is 19.7. The Bertz CT molecular complexity index is 1670. The summed E-state index contributed by atoms with van der Waals surface area (Å²) in [5.74, 6) is 0. The number of thiophene rings is 2. The van der Waals surface area contributed by atoms with Gasteiger partial charge in [-0.05, 0) is 82.0 Å². The van der Waals surface area contributed by atoms with Crippen molar-refractivity contribution in [1.29, 1.82) is 0 Å². The lowest BCUT2D eigenvalue weighted by Gasteiger charge is -2.08. The quantitative estimate of drug-likeness (QED) is 0.176. The standard InChI is InChI=1S/C38H32S2/c1-3-5-7-23-9-13-25(14-10-23)33-21-31-27-17-20-30-36-28(18-19-29(35(27)36)37(31)39-33)32-22-34(40-38(30)32)26-15-11-24(12-16-26)8-6-4-2/h9-22H,3-8H2,1-2H3. The van der Waals surface area contributed by atoms with Crippen LogP contribution in [0.5, 0.6) is 0 Å². The van der Waals surface area contributed by atoms with Crippen molar-refractivity contribution in [3.05, 3.63) is 96.1 Å². The Kier molecular flexibility index (Phi) is 5.83. The molecule has 2 aromatic heterocycles. The molecule has 0 bridgehead atoms. The first-order valence-corrected chi connectivity index (χ1v) is 16.4. The van der Waals surface area contributed by atoms with E-state index in [2.05, 4.69) is 98.8 Å². The van der Waals surface area contributed by atoms with Gasteiger partial charge in [-0.2, -0.15) is 0 Å². The molecule has 0 aliphatic heterocycles. The number of benzene rings is 4. The van der Waals surface area contributed by atoms with Gasteiger partial charge in [-0.3, -0.25) is 0 Å². The van der Waals surface area contributed by atoms with Crippen molar-refractivity contribution in [2.24, 2.45) is 0 Å². The van der Waals surface area contributed by atoms with Gasteiger partial charge in [-0.15, -0.1) is 22.7 Å². The molecule has 0 saturated carbocycles. The van der Waals surface area contributed by atoms with Gasteiger partial charge in [0.1, 0.15) is 0 Å². The van der Waals surface area contributed by atoms with Crippen LogP contribution in [0.4, 0.5) is 0 Å². The summed E-state index contributed by atoms with van der Waals surface area (Å²) in [5, 5.41) is 2.92. The minimum absolute atomic E-state index is 1.18. The van der Waals surface area contributed by atoms with Crippen LogP contribution in [-0.4, -0.2) is 0 Å². The van der Waals surface area contributed by atoms with Crippen LogP contribution in [0.1, 0.15) is 50.7 Å². The summed E-state index contributed by atoms with van der Waals surface area (Å²) in [6.45, 7) is 4.52. The van der Waals surface area contributed by atoms with E-state index in [0.717, 1.165) is 0 Å². The molecule has 0 saturated heterocycles. The Morgan fingerprint density at radius 3 is 1.25 bits per heavy atom. The highest BCUT2D eigenvalue weighted by molar-refractivity contribution is 7.20. The number of rotatable bonds is 8. The SMILES string of the molecule is CCCCc1ccc(-c2cc3c(s2)-c2ccc4c5c(ccc-3c25)-c2sc(-c3ccc(CCCC)cc3)cc2-4)cc1. The predicted molar refractivity (Wildman–Crippen MR) is 177 cm³/mol. The highest BCUT2D eigenvalue weighted by Gasteiger charge is 2.32. The van der Waals surface area contributed by atoms with Gasteiger partial charge in [0, 0.05) is 41.8 Å². The van der Waals surface area contributed by atoms with Crippen molar-refractivity contribution < 1.29 is 0 Å². The van der Waals surface area contributed by atoms with Crippen LogP contribution in [0.3, 0.4) is 0 Å². The summed E-state index contributed by atoms with van der Waals surface area (Å²) >= 11 is 3.91. The summed E-state index contributed by atoms with van der Waals surface area (Å²) in [6, 6.07) is 33.0. The molecule has 2 aliphatic carbocycles. The molecule has 0 fully saturated rings. The van der Waals surface area contributed by atoms with Gasteiger partial charge in [0.2, 0.25) is 0 Å². The van der Waals surface area contributed by atoms with E-state index in [0.29, 0.717) is 0 Å². The molecular weight excluding hydrogens is 521 g/mol. The van der Waals surface area contributed by atoms with Crippen molar-refractivity contribution in [3.63, 3.8) is 0 Å². The fourth-order valence-corrected chi connectivity index (χ4v) is 9.04. The molecule has 6 aromatic rings. The molecule has 0 amide bonds. The normalized spacial score (nSPS) is 12.3. The molecule has 0 nitrogen and oxygen atoms in total. The van der Waals surface area contributed by atoms with Gasteiger partial charge in [-0.25, -0.2) is 0 Å². The minimum atomic E-state index is 1.18. The molecule has 4 aromatic carbocycles. The molecule has 8 rings (SSSR count). The second kappa shape index (κ2) is 9.58. The highest BCUT2D eigenvalue weighted by atomic mass is 32.1. The van der Waals surface area contributed by atoms with Crippen molar-refractivity contribution in [2.75, 3.05) is 0 Å². The van der Waals surface area contributed by atoms with E-state index in [-0.39, 0.29) is 0 Å². The molecule has 0 N–H and O–H groups in total. The lowest BCUT2D eigenvalue weighted by Crippen LogP contribution is -1.84. The Hall–Kier alpha value is -3.46. The monoisotopic (exact) mass is 552 g/mol. The van der Waals surface area contributed by atoms with Gasteiger partial charge < -0.3 is 0 Å². The number of fused-ring (bicyclic) bond motifs is 6. The molecule has 196 valence electrons. The number of hydrogen-bond donors (Lipinski definition) is 0. The Balaban J connectivity index is 1.15. The van der Waals surface area contributed by atoms with Crippen molar-refractivity contribution in [1.82, 2.24) is 0 Å².